The highest BCUT2D eigenvalue weighted by Crippen LogP contribution is 1.97. The highest BCUT2D eigenvalue weighted by atomic mass is 32.2. The number of ether oxygens (including phenoxy) is 3. The minimum absolute atomic E-state index is 0.121. The Bertz CT molecular complexity index is 239. The van der Waals surface area contributed by atoms with Gasteiger partial charge in [0.1, 0.15) is 24.7 Å². The summed E-state index contributed by atoms with van der Waals surface area (Å²) in [5.74, 6) is 3.17. The van der Waals surface area contributed by atoms with Crippen LogP contribution in [0.2, 0.25) is 0 Å². The van der Waals surface area contributed by atoms with E-state index in [9.17, 15) is 4.79 Å². The lowest BCUT2D eigenvalue weighted by Gasteiger charge is -2.07. The van der Waals surface area contributed by atoms with Crippen molar-refractivity contribution in [2.24, 2.45) is 0 Å². The molecule has 0 heterocycles. The van der Waals surface area contributed by atoms with Gasteiger partial charge in [0.05, 0.1) is 19.0 Å². The summed E-state index contributed by atoms with van der Waals surface area (Å²) in [6.45, 7) is 11.3. The quantitative estimate of drug-likeness (QED) is 0.250. The topological polar surface area (TPSA) is 44.8 Å². The third-order valence-corrected chi connectivity index (χ3v) is 4.48. The first kappa shape index (κ1) is 17.3. The zero-order valence-electron chi connectivity index (χ0n) is 11.7. The summed E-state index contributed by atoms with van der Waals surface area (Å²) in [5.41, 5.74) is 0. The maximum absolute atomic E-state index is 11.4. The molecule has 0 saturated heterocycles. The normalized spacial score (nSPS) is 10.4. The molecular weight excluding hydrogens is 252 g/mol. The van der Waals surface area contributed by atoms with Gasteiger partial charge in [0.2, 0.25) is 5.75 Å². The molecule has 106 valence electrons. The van der Waals surface area contributed by atoms with Crippen molar-refractivity contribution in [3.05, 3.63) is 12.3 Å². The Hall–Kier alpha value is -0.680. The van der Waals surface area contributed by atoms with Gasteiger partial charge in [-0.15, -0.1) is 0 Å². The molecule has 4 nitrogen and oxygen atoms in total. The van der Waals surface area contributed by atoms with Gasteiger partial charge < -0.3 is 14.2 Å². The van der Waals surface area contributed by atoms with Gasteiger partial charge in [0.25, 0.3) is 0 Å². The van der Waals surface area contributed by atoms with Crippen molar-refractivity contribution in [2.45, 2.75) is 20.8 Å². The monoisotopic (exact) mass is 277 g/mol. The smallest absolute Gasteiger partial charge is 0.356 e. The van der Waals surface area contributed by atoms with Crippen molar-refractivity contribution in [3.63, 3.8) is 0 Å². The van der Waals surface area contributed by atoms with Gasteiger partial charge in [-0.2, -0.15) is 0 Å². The molecule has 0 aliphatic heterocycles. The van der Waals surface area contributed by atoms with Crippen LogP contribution in [0.4, 0.5) is 0 Å². The van der Waals surface area contributed by atoms with Gasteiger partial charge >= 0.3 is 5.97 Å². The third kappa shape index (κ3) is 10.5. The second-order valence-electron chi connectivity index (χ2n) is 3.72. The van der Waals surface area contributed by atoms with E-state index in [0.717, 1.165) is 11.5 Å². The Balaban J connectivity index is 3.37. The molecule has 0 unspecified atom stereocenters. The minimum Gasteiger partial charge on any atom is -0.496 e. The van der Waals surface area contributed by atoms with E-state index in [2.05, 4.69) is 20.4 Å². The van der Waals surface area contributed by atoms with Gasteiger partial charge in [-0.25, -0.2) is 4.79 Å². The summed E-state index contributed by atoms with van der Waals surface area (Å²) in [5, 5.41) is 0. The van der Waals surface area contributed by atoms with Crippen LogP contribution in [0.5, 0.6) is 0 Å². The molecule has 0 radical (unpaired) electrons. The van der Waals surface area contributed by atoms with E-state index in [1.165, 1.54) is 0 Å². The molecule has 0 aromatic carbocycles. The zero-order chi connectivity index (χ0) is 13.8. The van der Waals surface area contributed by atoms with Gasteiger partial charge in [-0.3, -0.25) is 0 Å². The van der Waals surface area contributed by atoms with Crippen molar-refractivity contribution in [1.29, 1.82) is 0 Å². The van der Waals surface area contributed by atoms with Crippen LogP contribution >= 0.6 is 0 Å². The third-order valence-electron chi connectivity index (χ3n) is 2.21. The minimum atomic E-state index is -0.121. The fraction of sp³-hybridized carbons (Fsp3) is 0.769. The van der Waals surface area contributed by atoms with Crippen molar-refractivity contribution >= 4 is 16.9 Å². The molecule has 0 aromatic rings. The molecule has 5 heteroatoms. The lowest BCUT2D eigenvalue weighted by molar-refractivity contribution is -0.142. The summed E-state index contributed by atoms with van der Waals surface area (Å²) in [6.07, 6.45) is 0. The van der Waals surface area contributed by atoms with Gasteiger partial charge in [0, 0.05) is 0 Å². The zero-order valence-corrected chi connectivity index (χ0v) is 12.5. The Morgan fingerprint density at radius 3 is 2.11 bits per heavy atom. The average molecular weight is 277 g/mol. The molecule has 0 N–H and O–H groups in total. The number of hydrogen-bond donors (Lipinski definition) is 0. The molecule has 0 aromatic heterocycles. The van der Waals surface area contributed by atoms with E-state index in [0.29, 0.717) is 37.9 Å². The van der Waals surface area contributed by atoms with E-state index < -0.39 is 0 Å². The Morgan fingerprint density at radius 1 is 1.06 bits per heavy atom. The maximum atomic E-state index is 11.4. The Morgan fingerprint density at radius 2 is 1.61 bits per heavy atom. The Labute approximate surface area is 113 Å². The summed E-state index contributed by atoms with van der Waals surface area (Å²) in [4.78, 5) is 11.4. The number of carbonyl (C=O) groups is 1. The van der Waals surface area contributed by atoms with Crippen LogP contribution in [0, 0.1) is 0 Å². The molecule has 0 spiro atoms. The molecule has 0 atom stereocenters. The SMILES string of the molecule is C=C(C)OCCOCCOC(=O)C[S+](CC)CC. The summed E-state index contributed by atoms with van der Waals surface area (Å²) in [7, 11) is 0.171. The van der Waals surface area contributed by atoms with Crippen LogP contribution in [0.1, 0.15) is 20.8 Å². The van der Waals surface area contributed by atoms with E-state index in [1.54, 1.807) is 6.92 Å². The predicted octanol–water partition coefficient (Wildman–Crippen LogP) is 1.75. The van der Waals surface area contributed by atoms with Crippen LogP contribution in [0.25, 0.3) is 0 Å². The number of allylic oxidation sites excluding steroid dienone is 1. The molecule has 0 aliphatic carbocycles. The van der Waals surface area contributed by atoms with E-state index in [4.69, 9.17) is 14.2 Å². The second-order valence-corrected chi connectivity index (χ2v) is 6.39. The van der Waals surface area contributed by atoms with Gasteiger partial charge in [0.15, 0.2) is 0 Å². The van der Waals surface area contributed by atoms with Crippen molar-refractivity contribution in [2.75, 3.05) is 43.7 Å². The van der Waals surface area contributed by atoms with Gasteiger partial charge in [-0.05, 0) is 31.7 Å². The highest BCUT2D eigenvalue weighted by Gasteiger charge is 2.18. The summed E-state index contributed by atoms with van der Waals surface area (Å²) < 4.78 is 15.5. The standard InChI is InChI=1S/C13H25O4S/c1-5-18(6-2)11-13(14)17-10-8-15-7-9-16-12(3)4/h3,5-11H2,1-2,4H3/q+1. The number of hydrogen-bond acceptors (Lipinski definition) is 4. The van der Waals surface area contributed by atoms with Crippen molar-refractivity contribution in [1.82, 2.24) is 0 Å². The van der Waals surface area contributed by atoms with Crippen LogP contribution in [0.3, 0.4) is 0 Å². The predicted molar refractivity (Wildman–Crippen MR) is 75.9 cm³/mol. The van der Waals surface area contributed by atoms with E-state index >= 15 is 0 Å². The van der Waals surface area contributed by atoms with E-state index in [-0.39, 0.29) is 16.9 Å². The van der Waals surface area contributed by atoms with Crippen molar-refractivity contribution in [3.8, 4) is 0 Å². The summed E-state index contributed by atoms with van der Waals surface area (Å²) in [6, 6.07) is 0. The first-order valence-electron chi connectivity index (χ1n) is 6.25. The lowest BCUT2D eigenvalue weighted by Crippen LogP contribution is -2.23. The van der Waals surface area contributed by atoms with Crippen LogP contribution < -0.4 is 0 Å². The Kier molecular flexibility index (Phi) is 11.0. The fourth-order valence-corrected chi connectivity index (χ4v) is 2.44. The average Bonchev–Trinajstić information content (AvgIpc) is 2.34. The highest BCUT2D eigenvalue weighted by molar-refractivity contribution is 7.97. The lowest BCUT2D eigenvalue weighted by atomic mass is 10.6. The fourth-order valence-electron chi connectivity index (χ4n) is 1.21. The molecule has 0 bridgehead atoms. The number of carbonyl (C=O) groups excluding carboxylic acids is 1. The number of esters is 1. The number of rotatable bonds is 11. The molecule has 0 fully saturated rings. The largest absolute Gasteiger partial charge is 0.496 e. The van der Waals surface area contributed by atoms with Crippen LogP contribution in [-0.2, 0) is 29.9 Å². The maximum Gasteiger partial charge on any atom is 0.356 e. The first-order valence-corrected chi connectivity index (χ1v) is 7.99. The van der Waals surface area contributed by atoms with Crippen LogP contribution in [-0.4, -0.2) is 49.7 Å². The van der Waals surface area contributed by atoms with Crippen LogP contribution in [0.15, 0.2) is 12.3 Å². The molecule has 0 rings (SSSR count). The summed E-state index contributed by atoms with van der Waals surface area (Å²) >= 11 is 0. The molecule has 18 heavy (non-hydrogen) atoms. The molecule has 0 aliphatic rings. The van der Waals surface area contributed by atoms with E-state index in [1.807, 2.05) is 0 Å². The molecule has 0 saturated carbocycles. The van der Waals surface area contributed by atoms with Crippen molar-refractivity contribution < 1.29 is 19.0 Å². The second kappa shape index (κ2) is 11.4. The van der Waals surface area contributed by atoms with Gasteiger partial charge in [-0.1, -0.05) is 6.58 Å². The first-order chi connectivity index (χ1) is 8.60. The molecular formula is C13H25O4S+. The molecule has 0 amide bonds.